The van der Waals surface area contributed by atoms with Gasteiger partial charge in [-0.2, -0.15) is 0 Å². The summed E-state index contributed by atoms with van der Waals surface area (Å²) in [4.78, 5) is 16.7. The van der Waals surface area contributed by atoms with Crippen molar-refractivity contribution < 1.29 is 9.53 Å². The number of hydrogen-bond acceptors (Lipinski definition) is 5. The van der Waals surface area contributed by atoms with Crippen molar-refractivity contribution >= 4 is 32.5 Å². The molecule has 0 spiro atoms. The maximum absolute atomic E-state index is 12.2. The predicted molar refractivity (Wildman–Crippen MR) is 94.8 cm³/mol. The lowest BCUT2D eigenvalue weighted by molar-refractivity contribution is 0.101. The minimum absolute atomic E-state index is 0.0549. The van der Waals surface area contributed by atoms with E-state index in [2.05, 4.69) is 10.3 Å². The number of aromatic nitrogens is 1. The number of benzene rings is 2. The first-order valence-corrected chi connectivity index (χ1v) is 8.34. The summed E-state index contributed by atoms with van der Waals surface area (Å²) >= 11 is 1.52. The van der Waals surface area contributed by atoms with Crippen LogP contribution in [0.4, 0.5) is 5.13 Å². The van der Waals surface area contributed by atoms with Gasteiger partial charge in [-0.25, -0.2) is 4.98 Å². The molecule has 4 nitrogen and oxygen atoms in total. The van der Waals surface area contributed by atoms with E-state index in [0.29, 0.717) is 12.2 Å². The molecule has 118 valence electrons. The average Bonchev–Trinajstić information content (AvgIpc) is 2.96. The standard InChI is InChI=1S/C18H18N2O2S/c1-3-22-14-8-9-15-17(10-14)23-18(20-15)19-11-16(21)13-6-4-12(2)5-7-13/h4-10H,3,11H2,1-2H3,(H,19,20). The molecular formula is C18H18N2O2S. The normalized spacial score (nSPS) is 10.7. The molecule has 5 heteroatoms. The van der Waals surface area contributed by atoms with E-state index in [4.69, 9.17) is 4.74 Å². The summed E-state index contributed by atoms with van der Waals surface area (Å²) in [6.07, 6.45) is 0. The van der Waals surface area contributed by atoms with E-state index >= 15 is 0 Å². The van der Waals surface area contributed by atoms with Crippen molar-refractivity contribution in [2.24, 2.45) is 0 Å². The van der Waals surface area contributed by atoms with Crippen LogP contribution >= 0.6 is 11.3 Å². The number of Topliss-reactive ketones (excluding diaryl/α,β-unsaturated/α-hetero) is 1. The SMILES string of the molecule is CCOc1ccc2nc(NCC(=O)c3ccc(C)cc3)sc2c1. The Morgan fingerprint density at radius 2 is 2.00 bits per heavy atom. The predicted octanol–water partition coefficient (Wildman–Crippen LogP) is 4.30. The summed E-state index contributed by atoms with van der Waals surface area (Å²) in [5, 5.41) is 3.86. The highest BCUT2D eigenvalue weighted by Gasteiger charge is 2.09. The number of ketones is 1. The van der Waals surface area contributed by atoms with Gasteiger partial charge < -0.3 is 10.1 Å². The molecule has 0 radical (unpaired) electrons. The highest BCUT2D eigenvalue weighted by atomic mass is 32.1. The molecular weight excluding hydrogens is 308 g/mol. The molecule has 0 fully saturated rings. The van der Waals surface area contributed by atoms with Crippen LogP contribution in [0.15, 0.2) is 42.5 Å². The lowest BCUT2D eigenvalue weighted by atomic mass is 10.1. The van der Waals surface area contributed by atoms with E-state index in [1.54, 1.807) is 0 Å². The van der Waals surface area contributed by atoms with Crippen LogP contribution < -0.4 is 10.1 Å². The smallest absolute Gasteiger partial charge is 0.184 e. The number of fused-ring (bicyclic) bond motifs is 1. The molecule has 2 aromatic carbocycles. The van der Waals surface area contributed by atoms with Crippen molar-refractivity contribution in [1.29, 1.82) is 0 Å². The van der Waals surface area contributed by atoms with Gasteiger partial charge in [0.2, 0.25) is 0 Å². The number of carbonyl (C=O) groups is 1. The number of hydrogen-bond donors (Lipinski definition) is 1. The number of nitrogens with zero attached hydrogens (tertiary/aromatic N) is 1. The molecule has 0 bridgehead atoms. The molecule has 23 heavy (non-hydrogen) atoms. The summed E-state index contributed by atoms with van der Waals surface area (Å²) < 4.78 is 6.54. The number of nitrogens with one attached hydrogen (secondary N) is 1. The van der Waals surface area contributed by atoms with Gasteiger partial charge in [0.15, 0.2) is 10.9 Å². The van der Waals surface area contributed by atoms with Crippen LogP contribution in [0.3, 0.4) is 0 Å². The molecule has 1 heterocycles. The third kappa shape index (κ3) is 3.68. The second-order valence-corrected chi connectivity index (χ2v) is 6.25. The third-order valence-corrected chi connectivity index (χ3v) is 4.42. The Bertz CT molecular complexity index is 825. The first kappa shape index (κ1) is 15.5. The lowest BCUT2D eigenvalue weighted by Crippen LogP contribution is -2.13. The molecule has 0 saturated heterocycles. The van der Waals surface area contributed by atoms with Crippen LogP contribution in [0.5, 0.6) is 5.75 Å². The Kier molecular flexibility index (Phi) is 4.57. The monoisotopic (exact) mass is 326 g/mol. The van der Waals surface area contributed by atoms with Gasteiger partial charge in [-0.1, -0.05) is 41.2 Å². The largest absolute Gasteiger partial charge is 0.494 e. The Balaban J connectivity index is 1.69. The number of aryl methyl sites for hydroxylation is 1. The number of thiazole rings is 1. The van der Waals surface area contributed by atoms with Crippen LogP contribution in [0.1, 0.15) is 22.8 Å². The summed E-state index contributed by atoms with van der Waals surface area (Å²) in [5.41, 5.74) is 2.76. The van der Waals surface area contributed by atoms with E-state index in [1.165, 1.54) is 11.3 Å². The van der Waals surface area contributed by atoms with E-state index in [1.807, 2.05) is 56.3 Å². The fourth-order valence-electron chi connectivity index (χ4n) is 2.23. The van der Waals surface area contributed by atoms with Crippen LogP contribution in [-0.2, 0) is 0 Å². The highest BCUT2D eigenvalue weighted by molar-refractivity contribution is 7.22. The van der Waals surface area contributed by atoms with Gasteiger partial charge in [-0.3, -0.25) is 4.79 Å². The molecule has 0 atom stereocenters. The first-order chi connectivity index (χ1) is 11.2. The zero-order valence-electron chi connectivity index (χ0n) is 13.1. The van der Waals surface area contributed by atoms with Gasteiger partial charge in [0, 0.05) is 5.56 Å². The van der Waals surface area contributed by atoms with Crippen molar-refractivity contribution in [2.45, 2.75) is 13.8 Å². The molecule has 1 aromatic heterocycles. The maximum atomic E-state index is 12.2. The van der Waals surface area contributed by atoms with Gasteiger partial charge in [0.05, 0.1) is 23.4 Å². The Labute approximate surface area is 139 Å². The quantitative estimate of drug-likeness (QED) is 0.686. The van der Waals surface area contributed by atoms with E-state index in [9.17, 15) is 4.79 Å². The van der Waals surface area contributed by atoms with Gasteiger partial charge in [0.1, 0.15) is 5.75 Å². The second kappa shape index (κ2) is 6.79. The molecule has 3 aromatic rings. The zero-order valence-corrected chi connectivity index (χ0v) is 13.9. The van der Waals surface area contributed by atoms with Gasteiger partial charge in [-0.15, -0.1) is 0 Å². The summed E-state index contributed by atoms with van der Waals surface area (Å²) in [5.74, 6) is 0.894. The number of rotatable bonds is 6. The number of ether oxygens (including phenoxy) is 1. The Morgan fingerprint density at radius 1 is 1.22 bits per heavy atom. The molecule has 0 aliphatic carbocycles. The van der Waals surface area contributed by atoms with Crippen molar-refractivity contribution in [2.75, 3.05) is 18.5 Å². The maximum Gasteiger partial charge on any atom is 0.184 e. The minimum atomic E-state index is 0.0549. The molecule has 1 N–H and O–H groups in total. The molecule has 3 rings (SSSR count). The fraction of sp³-hybridized carbons (Fsp3) is 0.222. The second-order valence-electron chi connectivity index (χ2n) is 5.22. The highest BCUT2D eigenvalue weighted by Crippen LogP contribution is 2.29. The van der Waals surface area contributed by atoms with Crippen molar-refractivity contribution in [3.8, 4) is 5.75 Å². The van der Waals surface area contributed by atoms with Crippen molar-refractivity contribution in [3.63, 3.8) is 0 Å². The van der Waals surface area contributed by atoms with Gasteiger partial charge >= 0.3 is 0 Å². The summed E-state index contributed by atoms with van der Waals surface area (Å²) in [6, 6.07) is 13.4. The molecule has 0 amide bonds. The Morgan fingerprint density at radius 3 is 2.74 bits per heavy atom. The van der Waals surface area contributed by atoms with Gasteiger partial charge in [-0.05, 0) is 32.0 Å². The van der Waals surface area contributed by atoms with E-state index < -0.39 is 0 Å². The minimum Gasteiger partial charge on any atom is -0.494 e. The van der Waals surface area contributed by atoms with Crippen LogP contribution in [-0.4, -0.2) is 23.9 Å². The summed E-state index contributed by atoms with van der Waals surface area (Å²) in [6.45, 7) is 4.84. The van der Waals surface area contributed by atoms with Crippen molar-refractivity contribution in [3.05, 3.63) is 53.6 Å². The number of carbonyl (C=O) groups excluding carboxylic acids is 1. The Hall–Kier alpha value is -2.40. The molecule has 0 unspecified atom stereocenters. The molecule has 0 aliphatic rings. The lowest BCUT2D eigenvalue weighted by Gasteiger charge is -2.02. The van der Waals surface area contributed by atoms with Crippen LogP contribution in [0, 0.1) is 6.92 Å². The van der Waals surface area contributed by atoms with Crippen molar-refractivity contribution in [1.82, 2.24) is 4.98 Å². The van der Waals surface area contributed by atoms with E-state index in [0.717, 1.165) is 26.7 Å². The molecule has 0 aliphatic heterocycles. The number of anilines is 1. The van der Waals surface area contributed by atoms with E-state index in [-0.39, 0.29) is 12.3 Å². The summed E-state index contributed by atoms with van der Waals surface area (Å²) in [7, 11) is 0. The average molecular weight is 326 g/mol. The third-order valence-electron chi connectivity index (χ3n) is 3.44. The van der Waals surface area contributed by atoms with Crippen LogP contribution in [0.25, 0.3) is 10.2 Å². The first-order valence-electron chi connectivity index (χ1n) is 7.53. The topological polar surface area (TPSA) is 51.2 Å². The molecule has 0 saturated carbocycles. The van der Waals surface area contributed by atoms with Gasteiger partial charge in [0.25, 0.3) is 0 Å². The fourth-order valence-corrected chi connectivity index (χ4v) is 3.12. The van der Waals surface area contributed by atoms with Crippen LogP contribution in [0.2, 0.25) is 0 Å². The zero-order chi connectivity index (χ0) is 16.2.